The van der Waals surface area contributed by atoms with Gasteiger partial charge in [0.2, 0.25) is 5.91 Å². The second-order valence-corrected chi connectivity index (χ2v) is 5.85. The zero-order valence-corrected chi connectivity index (χ0v) is 14.3. The molecule has 4 nitrogen and oxygen atoms in total. The summed E-state index contributed by atoms with van der Waals surface area (Å²) in [6, 6.07) is 8.68. The molecule has 1 unspecified atom stereocenters. The molecular weight excluding hydrogens is 376 g/mol. The number of ether oxygens (including phenoxy) is 1. The molecule has 2 aromatic carbocycles. The van der Waals surface area contributed by atoms with Crippen LogP contribution in [-0.4, -0.2) is 24.7 Å². The average Bonchev–Trinajstić information content (AvgIpc) is 2.56. The molecule has 2 rings (SSSR count). The van der Waals surface area contributed by atoms with Crippen LogP contribution < -0.4 is 15.4 Å². The fourth-order valence-electron chi connectivity index (χ4n) is 1.99. The van der Waals surface area contributed by atoms with Crippen LogP contribution in [0.2, 0.25) is 5.02 Å². The number of halogens is 5. The van der Waals surface area contributed by atoms with Gasteiger partial charge in [-0.25, -0.2) is 4.39 Å². The lowest BCUT2D eigenvalue weighted by Gasteiger charge is -2.17. The van der Waals surface area contributed by atoms with E-state index in [2.05, 4.69) is 15.4 Å². The highest BCUT2D eigenvalue weighted by atomic mass is 35.5. The summed E-state index contributed by atoms with van der Waals surface area (Å²) >= 11 is 5.76. The van der Waals surface area contributed by atoms with Crippen molar-refractivity contribution in [3.05, 3.63) is 53.3 Å². The molecule has 2 aromatic rings. The molecule has 0 spiro atoms. The van der Waals surface area contributed by atoms with Crippen molar-refractivity contribution < 1.29 is 27.1 Å². The van der Waals surface area contributed by atoms with Crippen LogP contribution in [0, 0.1) is 5.82 Å². The molecule has 0 saturated heterocycles. The Morgan fingerprint density at radius 1 is 1.23 bits per heavy atom. The van der Waals surface area contributed by atoms with Gasteiger partial charge in [-0.15, -0.1) is 0 Å². The predicted molar refractivity (Wildman–Crippen MR) is 91.1 cm³/mol. The molecule has 9 heteroatoms. The van der Waals surface area contributed by atoms with E-state index in [1.165, 1.54) is 37.3 Å². The van der Waals surface area contributed by atoms with Crippen LogP contribution in [0.5, 0.6) is 5.75 Å². The van der Waals surface area contributed by atoms with E-state index in [1.54, 1.807) is 6.07 Å². The maximum absolute atomic E-state index is 13.7. The number of hydrogen-bond acceptors (Lipinski definition) is 3. The van der Waals surface area contributed by atoms with Crippen molar-refractivity contribution in [1.29, 1.82) is 0 Å². The Morgan fingerprint density at radius 2 is 1.96 bits per heavy atom. The van der Waals surface area contributed by atoms with Gasteiger partial charge >= 0.3 is 6.18 Å². The van der Waals surface area contributed by atoms with E-state index >= 15 is 0 Å². The van der Waals surface area contributed by atoms with Gasteiger partial charge in [-0.2, -0.15) is 13.2 Å². The SMILES string of the molecule is CC(Nc1cccc(OCC(F)(F)F)c1)C(=O)Nc1cc(Cl)ccc1F. The Morgan fingerprint density at radius 3 is 2.65 bits per heavy atom. The third kappa shape index (κ3) is 6.11. The first kappa shape index (κ1) is 19.8. The summed E-state index contributed by atoms with van der Waals surface area (Å²) in [6.07, 6.45) is -4.45. The maximum atomic E-state index is 13.7. The summed E-state index contributed by atoms with van der Waals surface area (Å²) in [7, 11) is 0. The number of hydrogen-bond donors (Lipinski definition) is 2. The number of benzene rings is 2. The Kier molecular flexibility index (Phi) is 6.31. The normalized spacial score (nSPS) is 12.4. The minimum atomic E-state index is -4.45. The number of rotatable bonds is 6. The number of carbonyl (C=O) groups excluding carboxylic acids is 1. The van der Waals surface area contributed by atoms with Gasteiger partial charge < -0.3 is 15.4 Å². The molecule has 0 aliphatic rings. The van der Waals surface area contributed by atoms with Crippen LogP contribution in [-0.2, 0) is 4.79 Å². The van der Waals surface area contributed by atoms with Crippen LogP contribution in [0.4, 0.5) is 28.9 Å². The van der Waals surface area contributed by atoms with Gasteiger partial charge in [0.15, 0.2) is 6.61 Å². The zero-order chi connectivity index (χ0) is 19.3. The van der Waals surface area contributed by atoms with Gasteiger partial charge in [0.1, 0.15) is 17.6 Å². The molecule has 140 valence electrons. The van der Waals surface area contributed by atoms with Crippen molar-refractivity contribution in [2.75, 3.05) is 17.2 Å². The topological polar surface area (TPSA) is 50.4 Å². The summed E-state index contributed by atoms with van der Waals surface area (Å²) in [5, 5.41) is 5.46. The van der Waals surface area contributed by atoms with E-state index in [-0.39, 0.29) is 16.5 Å². The number of anilines is 2. The van der Waals surface area contributed by atoms with Gasteiger partial charge in [-0.1, -0.05) is 17.7 Å². The predicted octanol–water partition coefficient (Wildman–Crippen LogP) is 4.86. The lowest BCUT2D eigenvalue weighted by Crippen LogP contribution is -2.32. The summed E-state index contributed by atoms with van der Waals surface area (Å²) in [6.45, 7) is 0.0988. The Labute approximate surface area is 152 Å². The number of carbonyl (C=O) groups is 1. The minimum absolute atomic E-state index is 0.000758. The Hall–Kier alpha value is -2.48. The van der Waals surface area contributed by atoms with Crippen LogP contribution in [0.15, 0.2) is 42.5 Å². The molecule has 0 fully saturated rings. The van der Waals surface area contributed by atoms with Crippen molar-refractivity contribution in [3.8, 4) is 5.75 Å². The first-order valence-electron chi connectivity index (χ1n) is 7.46. The minimum Gasteiger partial charge on any atom is -0.484 e. The monoisotopic (exact) mass is 390 g/mol. The van der Waals surface area contributed by atoms with E-state index in [0.717, 1.165) is 6.07 Å². The van der Waals surface area contributed by atoms with Crippen LogP contribution in [0.1, 0.15) is 6.92 Å². The fourth-order valence-corrected chi connectivity index (χ4v) is 2.16. The largest absolute Gasteiger partial charge is 0.484 e. The summed E-state index contributed by atoms with van der Waals surface area (Å²) in [5.74, 6) is -1.19. The third-order valence-corrected chi connectivity index (χ3v) is 3.43. The molecule has 1 amide bonds. The number of nitrogens with one attached hydrogen (secondary N) is 2. The third-order valence-electron chi connectivity index (χ3n) is 3.20. The standard InChI is InChI=1S/C17H15ClF4N2O2/c1-10(16(25)24-15-7-11(18)5-6-14(15)19)23-12-3-2-4-13(8-12)26-9-17(20,21)22/h2-8,10,23H,9H2,1H3,(H,24,25). The van der Waals surface area contributed by atoms with Crippen molar-refractivity contribution >= 4 is 28.9 Å². The molecule has 2 N–H and O–H groups in total. The first-order valence-corrected chi connectivity index (χ1v) is 7.84. The van der Waals surface area contributed by atoms with E-state index < -0.39 is 30.5 Å². The molecule has 0 saturated carbocycles. The molecular formula is C17H15ClF4N2O2. The molecule has 1 atom stereocenters. The molecule has 0 aromatic heterocycles. The van der Waals surface area contributed by atoms with E-state index in [9.17, 15) is 22.4 Å². The number of amides is 1. The van der Waals surface area contributed by atoms with Crippen LogP contribution in [0.3, 0.4) is 0 Å². The Bertz CT molecular complexity index is 784. The van der Waals surface area contributed by atoms with E-state index in [0.29, 0.717) is 5.69 Å². The van der Waals surface area contributed by atoms with Crippen molar-refractivity contribution in [2.24, 2.45) is 0 Å². The molecule has 0 aliphatic heterocycles. The molecule has 0 radical (unpaired) electrons. The zero-order valence-electron chi connectivity index (χ0n) is 13.5. The van der Waals surface area contributed by atoms with Crippen molar-refractivity contribution in [2.45, 2.75) is 19.1 Å². The highest BCUT2D eigenvalue weighted by Crippen LogP contribution is 2.23. The second-order valence-electron chi connectivity index (χ2n) is 5.41. The van der Waals surface area contributed by atoms with E-state index in [1.807, 2.05) is 0 Å². The van der Waals surface area contributed by atoms with Crippen molar-refractivity contribution in [1.82, 2.24) is 0 Å². The number of alkyl halides is 3. The highest BCUT2D eigenvalue weighted by molar-refractivity contribution is 6.30. The van der Waals surface area contributed by atoms with Crippen LogP contribution in [0.25, 0.3) is 0 Å². The second kappa shape index (κ2) is 8.27. The summed E-state index contributed by atoms with van der Waals surface area (Å²) in [5.41, 5.74) is 0.303. The average molecular weight is 391 g/mol. The molecule has 0 heterocycles. The van der Waals surface area contributed by atoms with Crippen molar-refractivity contribution in [3.63, 3.8) is 0 Å². The van der Waals surface area contributed by atoms with Gasteiger partial charge in [0.05, 0.1) is 5.69 Å². The summed E-state index contributed by atoms with van der Waals surface area (Å²) < 4.78 is 54.9. The first-order chi connectivity index (χ1) is 12.1. The lowest BCUT2D eigenvalue weighted by atomic mass is 10.2. The Balaban J connectivity index is 1.99. The highest BCUT2D eigenvalue weighted by Gasteiger charge is 2.28. The van der Waals surface area contributed by atoms with Gasteiger partial charge in [0, 0.05) is 16.8 Å². The quantitative estimate of drug-likeness (QED) is 0.693. The maximum Gasteiger partial charge on any atom is 0.422 e. The smallest absolute Gasteiger partial charge is 0.422 e. The van der Waals surface area contributed by atoms with Gasteiger partial charge in [-0.3, -0.25) is 4.79 Å². The van der Waals surface area contributed by atoms with Gasteiger partial charge in [0.25, 0.3) is 0 Å². The van der Waals surface area contributed by atoms with E-state index in [4.69, 9.17) is 11.6 Å². The molecule has 26 heavy (non-hydrogen) atoms. The van der Waals surface area contributed by atoms with Crippen LogP contribution >= 0.6 is 11.6 Å². The summed E-state index contributed by atoms with van der Waals surface area (Å²) in [4.78, 5) is 12.2. The lowest BCUT2D eigenvalue weighted by molar-refractivity contribution is -0.153. The molecule has 0 bridgehead atoms. The van der Waals surface area contributed by atoms with Gasteiger partial charge in [-0.05, 0) is 37.3 Å². The molecule has 0 aliphatic carbocycles. The fraction of sp³-hybridized carbons (Fsp3) is 0.235.